The van der Waals surface area contributed by atoms with Gasteiger partial charge in [-0.15, -0.1) is 10.2 Å². The first-order chi connectivity index (χ1) is 11.0. The summed E-state index contributed by atoms with van der Waals surface area (Å²) >= 11 is 1.46. The number of rotatable bonds is 3. The maximum absolute atomic E-state index is 12.4. The van der Waals surface area contributed by atoms with E-state index >= 15 is 0 Å². The smallest absolute Gasteiger partial charge is 0.341 e. The molecule has 0 saturated heterocycles. The molecule has 0 amide bonds. The van der Waals surface area contributed by atoms with Gasteiger partial charge in [-0.1, -0.05) is 23.5 Å². The van der Waals surface area contributed by atoms with Crippen LogP contribution in [0.1, 0.15) is 20.9 Å². The molecule has 0 bridgehead atoms. The number of pyridine rings is 1. The number of hydrogen-bond donors (Lipinski definition) is 1. The van der Waals surface area contributed by atoms with Crippen LogP contribution in [-0.2, 0) is 0 Å². The van der Waals surface area contributed by atoms with E-state index in [0.29, 0.717) is 11.3 Å². The Morgan fingerprint density at radius 2 is 2.00 bits per heavy atom. The Balaban J connectivity index is 2.15. The number of nitrogens with zero attached hydrogens (tertiary/aromatic N) is 3. The largest absolute Gasteiger partial charge is 0.477 e. The Morgan fingerprint density at radius 3 is 2.65 bits per heavy atom. The topological polar surface area (TPSA) is 85.1 Å². The Morgan fingerprint density at radius 1 is 1.22 bits per heavy atom. The summed E-state index contributed by atoms with van der Waals surface area (Å²) in [6.45, 7) is 3.48. The summed E-state index contributed by atoms with van der Waals surface area (Å²) in [6, 6.07) is 8.84. The Labute approximate surface area is 135 Å². The van der Waals surface area contributed by atoms with Gasteiger partial charge in [-0.25, -0.2) is 4.79 Å². The van der Waals surface area contributed by atoms with E-state index in [1.54, 1.807) is 37.4 Å². The van der Waals surface area contributed by atoms with Gasteiger partial charge in [0.05, 0.1) is 0 Å². The summed E-state index contributed by atoms with van der Waals surface area (Å²) in [5.41, 5.74) is 1.09. The zero-order chi connectivity index (χ0) is 16.6. The van der Waals surface area contributed by atoms with E-state index < -0.39 is 11.5 Å². The Hall–Kier alpha value is -2.80. The van der Waals surface area contributed by atoms with Gasteiger partial charge in [0.2, 0.25) is 0 Å². The number of aromatic nitrogens is 3. The lowest BCUT2D eigenvalue weighted by molar-refractivity contribution is 0.0694. The summed E-state index contributed by atoms with van der Waals surface area (Å²) in [6.07, 6.45) is 1.58. The third kappa shape index (κ3) is 2.78. The monoisotopic (exact) mass is 327 g/mol. The maximum atomic E-state index is 12.4. The fraction of sp³-hybridized carbons (Fsp3) is 0.125. The lowest BCUT2D eigenvalue weighted by Crippen LogP contribution is -2.26. The van der Waals surface area contributed by atoms with Crippen LogP contribution in [0.4, 0.5) is 0 Å². The average molecular weight is 327 g/mol. The minimum absolute atomic E-state index is 0.218. The van der Waals surface area contributed by atoms with Gasteiger partial charge in [0.25, 0.3) is 5.56 Å². The Bertz CT molecular complexity index is 959. The molecule has 3 rings (SSSR count). The van der Waals surface area contributed by atoms with Crippen molar-refractivity contribution in [3.8, 4) is 16.3 Å². The first kappa shape index (κ1) is 15.1. The van der Waals surface area contributed by atoms with Gasteiger partial charge in [-0.05, 0) is 37.6 Å². The van der Waals surface area contributed by atoms with Crippen molar-refractivity contribution in [2.24, 2.45) is 0 Å². The first-order valence-electron chi connectivity index (χ1n) is 6.84. The van der Waals surface area contributed by atoms with Crippen molar-refractivity contribution in [2.75, 3.05) is 0 Å². The molecule has 0 aliphatic carbocycles. The SMILES string of the molecule is Cc1nnc(-c2cccc(-n3ccc(C)c(C(=O)O)c3=O)c2)s1. The van der Waals surface area contributed by atoms with Crippen LogP contribution in [0.2, 0.25) is 0 Å². The van der Waals surface area contributed by atoms with E-state index in [-0.39, 0.29) is 5.56 Å². The number of benzene rings is 1. The van der Waals surface area contributed by atoms with Gasteiger partial charge in [0, 0.05) is 17.4 Å². The lowest BCUT2D eigenvalue weighted by atomic mass is 10.1. The molecular weight excluding hydrogens is 314 g/mol. The molecule has 1 N–H and O–H groups in total. The van der Waals surface area contributed by atoms with Crippen LogP contribution in [0.5, 0.6) is 0 Å². The van der Waals surface area contributed by atoms with Crippen molar-refractivity contribution in [3.63, 3.8) is 0 Å². The molecule has 2 heterocycles. The van der Waals surface area contributed by atoms with Gasteiger partial charge >= 0.3 is 5.97 Å². The standard InChI is InChI=1S/C16H13N3O3S/c1-9-6-7-19(15(20)13(9)16(21)22)12-5-3-4-11(8-12)14-18-17-10(2)23-14/h3-8H,1-2H3,(H,21,22). The Kier molecular flexibility index (Phi) is 3.79. The fourth-order valence-corrected chi connectivity index (χ4v) is 2.98. The van der Waals surface area contributed by atoms with Gasteiger partial charge in [-0.2, -0.15) is 0 Å². The number of carboxylic acid groups (broad SMARTS) is 1. The highest BCUT2D eigenvalue weighted by Gasteiger charge is 2.15. The van der Waals surface area contributed by atoms with Crippen LogP contribution in [-0.4, -0.2) is 25.8 Å². The molecule has 0 fully saturated rings. The van der Waals surface area contributed by atoms with Crippen molar-refractivity contribution in [1.82, 2.24) is 14.8 Å². The van der Waals surface area contributed by atoms with Crippen LogP contribution in [0, 0.1) is 13.8 Å². The highest BCUT2D eigenvalue weighted by Crippen LogP contribution is 2.24. The van der Waals surface area contributed by atoms with Crippen LogP contribution in [0.3, 0.4) is 0 Å². The predicted octanol–water partition coefficient (Wildman–Crippen LogP) is 2.67. The highest BCUT2D eigenvalue weighted by molar-refractivity contribution is 7.14. The molecule has 0 saturated carbocycles. The summed E-state index contributed by atoms with van der Waals surface area (Å²) < 4.78 is 1.33. The van der Waals surface area contributed by atoms with E-state index in [9.17, 15) is 14.7 Å². The van der Waals surface area contributed by atoms with Crippen molar-refractivity contribution in [1.29, 1.82) is 0 Å². The van der Waals surface area contributed by atoms with Crippen molar-refractivity contribution in [3.05, 3.63) is 63.0 Å². The van der Waals surface area contributed by atoms with E-state index in [1.807, 2.05) is 13.0 Å². The van der Waals surface area contributed by atoms with E-state index in [1.165, 1.54) is 15.9 Å². The van der Waals surface area contributed by atoms with E-state index in [0.717, 1.165) is 15.6 Å². The molecule has 7 heteroatoms. The number of hydrogen-bond acceptors (Lipinski definition) is 5. The van der Waals surface area contributed by atoms with Gasteiger partial charge in [0.15, 0.2) is 0 Å². The maximum Gasteiger partial charge on any atom is 0.341 e. The quantitative estimate of drug-likeness (QED) is 0.799. The molecule has 0 spiro atoms. The minimum Gasteiger partial charge on any atom is -0.477 e. The normalized spacial score (nSPS) is 10.7. The van der Waals surface area contributed by atoms with Crippen LogP contribution >= 0.6 is 11.3 Å². The minimum atomic E-state index is -1.22. The van der Waals surface area contributed by atoms with Gasteiger partial charge in [0.1, 0.15) is 15.6 Å². The summed E-state index contributed by atoms with van der Waals surface area (Å²) in [7, 11) is 0. The molecule has 116 valence electrons. The van der Waals surface area contributed by atoms with Gasteiger partial charge in [-0.3, -0.25) is 9.36 Å². The molecule has 23 heavy (non-hydrogen) atoms. The van der Waals surface area contributed by atoms with Crippen LogP contribution in [0.25, 0.3) is 16.3 Å². The molecule has 1 aromatic carbocycles. The van der Waals surface area contributed by atoms with E-state index in [2.05, 4.69) is 10.2 Å². The number of aromatic carboxylic acids is 1. The predicted molar refractivity (Wildman–Crippen MR) is 87.4 cm³/mol. The molecule has 3 aromatic rings. The number of carbonyl (C=O) groups is 1. The fourth-order valence-electron chi connectivity index (χ4n) is 2.29. The second kappa shape index (κ2) is 5.77. The number of aryl methyl sites for hydroxylation is 2. The average Bonchev–Trinajstić information content (AvgIpc) is 2.94. The van der Waals surface area contributed by atoms with Crippen LogP contribution in [0.15, 0.2) is 41.3 Å². The molecule has 0 radical (unpaired) electrons. The third-order valence-corrected chi connectivity index (χ3v) is 4.30. The van der Waals surface area contributed by atoms with E-state index in [4.69, 9.17) is 0 Å². The molecule has 6 nitrogen and oxygen atoms in total. The number of carboxylic acids is 1. The zero-order valence-electron chi connectivity index (χ0n) is 12.5. The molecule has 0 atom stereocenters. The second-order valence-electron chi connectivity index (χ2n) is 5.03. The molecular formula is C16H13N3O3S. The highest BCUT2D eigenvalue weighted by atomic mass is 32.1. The van der Waals surface area contributed by atoms with Gasteiger partial charge < -0.3 is 5.11 Å². The summed E-state index contributed by atoms with van der Waals surface area (Å²) in [5, 5.41) is 18.9. The summed E-state index contributed by atoms with van der Waals surface area (Å²) in [5.74, 6) is -1.22. The van der Waals surface area contributed by atoms with Crippen LogP contribution < -0.4 is 5.56 Å². The summed E-state index contributed by atoms with van der Waals surface area (Å²) in [4.78, 5) is 23.7. The lowest BCUT2D eigenvalue weighted by Gasteiger charge is -2.09. The molecule has 0 aliphatic heterocycles. The van der Waals surface area contributed by atoms with Crippen molar-refractivity contribution >= 4 is 17.3 Å². The second-order valence-corrected chi connectivity index (χ2v) is 6.21. The molecule has 0 unspecified atom stereocenters. The molecule has 0 aliphatic rings. The third-order valence-electron chi connectivity index (χ3n) is 3.41. The zero-order valence-corrected chi connectivity index (χ0v) is 13.3. The van der Waals surface area contributed by atoms with Crippen molar-refractivity contribution < 1.29 is 9.90 Å². The van der Waals surface area contributed by atoms with Crippen molar-refractivity contribution in [2.45, 2.75) is 13.8 Å². The molecule has 2 aromatic heterocycles. The first-order valence-corrected chi connectivity index (χ1v) is 7.65.